The van der Waals surface area contributed by atoms with E-state index in [1.165, 1.54) is 11.8 Å². The second kappa shape index (κ2) is 9.19. The number of likely N-dealkylation sites (N-methyl/N-ethyl adjacent to an activating group) is 1. The molecule has 1 N–H and O–H groups in total. The predicted molar refractivity (Wildman–Crippen MR) is 122 cm³/mol. The topological polar surface area (TPSA) is 67.5 Å². The number of aromatic nitrogens is 1. The van der Waals surface area contributed by atoms with Crippen molar-refractivity contribution in [1.29, 1.82) is 0 Å². The third-order valence-electron chi connectivity index (χ3n) is 4.54. The minimum absolute atomic E-state index is 0.0972. The lowest BCUT2D eigenvalue weighted by atomic mass is 10.2. The maximum atomic E-state index is 12.5. The zero-order valence-corrected chi connectivity index (χ0v) is 19.3. The van der Waals surface area contributed by atoms with Crippen molar-refractivity contribution in [3.05, 3.63) is 56.5 Å². The van der Waals surface area contributed by atoms with Gasteiger partial charge in [0.1, 0.15) is 0 Å². The number of thioether (sulfide) groups is 1. The van der Waals surface area contributed by atoms with Gasteiger partial charge in [-0.15, -0.1) is 11.8 Å². The Labute approximate surface area is 182 Å². The van der Waals surface area contributed by atoms with E-state index in [0.717, 1.165) is 20.5 Å². The first-order valence-corrected chi connectivity index (χ1v) is 11.0. The van der Waals surface area contributed by atoms with Gasteiger partial charge in [0.15, 0.2) is 5.58 Å². The predicted octanol–water partition coefficient (Wildman–Crippen LogP) is 4.27. The smallest absolute Gasteiger partial charge is 0.408 e. The van der Waals surface area contributed by atoms with Crippen molar-refractivity contribution >= 4 is 50.4 Å². The van der Waals surface area contributed by atoms with E-state index >= 15 is 0 Å². The summed E-state index contributed by atoms with van der Waals surface area (Å²) in [5.41, 5.74) is 4.11. The maximum absolute atomic E-state index is 12.5. The van der Waals surface area contributed by atoms with Crippen LogP contribution in [-0.4, -0.2) is 41.8 Å². The molecule has 3 aromatic rings. The van der Waals surface area contributed by atoms with E-state index in [0.29, 0.717) is 35.6 Å². The van der Waals surface area contributed by atoms with Crippen LogP contribution in [0.1, 0.15) is 11.1 Å². The van der Waals surface area contributed by atoms with Gasteiger partial charge in [-0.1, -0.05) is 15.9 Å². The molecule has 0 unspecified atom stereocenters. The first-order chi connectivity index (χ1) is 13.7. The Balaban J connectivity index is 1.71. The molecule has 0 saturated carbocycles. The molecule has 1 aromatic heterocycles. The Hall–Kier alpha value is -2.03. The Morgan fingerprint density at radius 1 is 1.21 bits per heavy atom. The van der Waals surface area contributed by atoms with Crippen LogP contribution in [0.4, 0.5) is 5.69 Å². The molecule has 0 aliphatic carbocycles. The van der Waals surface area contributed by atoms with E-state index in [1.807, 2.05) is 32.8 Å². The third kappa shape index (κ3) is 5.32. The maximum Gasteiger partial charge on any atom is 0.419 e. The summed E-state index contributed by atoms with van der Waals surface area (Å²) in [5.74, 6) is -0.180. The van der Waals surface area contributed by atoms with Crippen molar-refractivity contribution < 1.29 is 9.21 Å². The van der Waals surface area contributed by atoms with Crippen LogP contribution < -0.4 is 11.1 Å². The lowest BCUT2D eigenvalue weighted by Gasteiger charge is -2.10. The van der Waals surface area contributed by atoms with Crippen LogP contribution in [0, 0.1) is 13.8 Å². The lowest BCUT2D eigenvalue weighted by molar-refractivity contribution is -0.113. The van der Waals surface area contributed by atoms with Crippen molar-refractivity contribution in [3.63, 3.8) is 0 Å². The standard InChI is InChI=1S/C21H24BrN3O3S/c1-13-10-19(14(2)9-16(13)22)29-12-20(26)23-15-5-6-18-17(11-15)25(21(27)28-18)8-7-24(3)4/h5-6,9-11H,7-8,12H2,1-4H3,(H,23,26). The number of benzene rings is 2. The highest BCUT2D eigenvalue weighted by molar-refractivity contribution is 9.10. The van der Waals surface area contributed by atoms with Crippen LogP contribution in [0.15, 0.2) is 48.9 Å². The van der Waals surface area contributed by atoms with E-state index in [1.54, 1.807) is 22.8 Å². The Morgan fingerprint density at radius 3 is 2.69 bits per heavy atom. The number of nitrogens with one attached hydrogen (secondary N) is 1. The quantitative estimate of drug-likeness (QED) is 0.514. The number of hydrogen-bond donors (Lipinski definition) is 1. The van der Waals surface area contributed by atoms with Crippen LogP contribution in [0.3, 0.4) is 0 Å². The molecule has 0 aliphatic rings. The fraction of sp³-hybridized carbons (Fsp3) is 0.333. The van der Waals surface area contributed by atoms with Gasteiger partial charge in [-0.05, 0) is 69.4 Å². The molecule has 0 fully saturated rings. The number of rotatable bonds is 7. The summed E-state index contributed by atoms with van der Waals surface area (Å²) in [6.45, 7) is 5.30. The molecule has 3 rings (SSSR count). The van der Waals surface area contributed by atoms with Crippen molar-refractivity contribution in [2.45, 2.75) is 25.3 Å². The van der Waals surface area contributed by atoms with Gasteiger partial charge >= 0.3 is 5.76 Å². The fourth-order valence-electron chi connectivity index (χ4n) is 2.90. The number of halogens is 1. The van der Waals surface area contributed by atoms with E-state index < -0.39 is 0 Å². The molecule has 0 atom stereocenters. The molecule has 0 saturated heterocycles. The second-order valence-electron chi connectivity index (χ2n) is 7.21. The number of fused-ring (bicyclic) bond motifs is 1. The lowest BCUT2D eigenvalue weighted by Crippen LogP contribution is -2.23. The molecule has 0 spiro atoms. The third-order valence-corrected chi connectivity index (χ3v) is 6.55. The molecule has 154 valence electrons. The van der Waals surface area contributed by atoms with E-state index in [9.17, 15) is 9.59 Å². The summed E-state index contributed by atoms with van der Waals surface area (Å²) in [6.07, 6.45) is 0. The monoisotopic (exact) mass is 477 g/mol. The minimum atomic E-state index is -0.387. The van der Waals surface area contributed by atoms with Crippen molar-refractivity contribution in [3.8, 4) is 0 Å². The highest BCUT2D eigenvalue weighted by Crippen LogP contribution is 2.28. The number of carbonyl (C=O) groups excluding carboxylic acids is 1. The van der Waals surface area contributed by atoms with E-state index in [4.69, 9.17) is 4.42 Å². The van der Waals surface area contributed by atoms with Gasteiger partial charge < -0.3 is 14.6 Å². The molecular weight excluding hydrogens is 454 g/mol. The van der Waals surface area contributed by atoms with Crippen molar-refractivity contribution in [2.75, 3.05) is 31.7 Å². The van der Waals surface area contributed by atoms with Crippen LogP contribution >= 0.6 is 27.7 Å². The number of oxazole rings is 1. The number of carbonyl (C=O) groups is 1. The Kier molecular flexibility index (Phi) is 6.87. The average molecular weight is 478 g/mol. The van der Waals surface area contributed by atoms with Gasteiger partial charge in [0, 0.05) is 28.1 Å². The molecular formula is C21H24BrN3O3S. The molecule has 0 bridgehead atoms. The highest BCUT2D eigenvalue weighted by atomic mass is 79.9. The first kappa shape index (κ1) is 21.7. The van der Waals surface area contributed by atoms with E-state index in [-0.39, 0.29) is 11.7 Å². The van der Waals surface area contributed by atoms with Gasteiger partial charge in [0.25, 0.3) is 0 Å². The van der Waals surface area contributed by atoms with Gasteiger partial charge in [0.2, 0.25) is 5.91 Å². The number of amides is 1. The summed E-state index contributed by atoms with van der Waals surface area (Å²) in [5, 5.41) is 2.91. The largest absolute Gasteiger partial charge is 0.419 e. The second-order valence-corrected chi connectivity index (χ2v) is 9.08. The zero-order chi connectivity index (χ0) is 21.1. The molecule has 8 heteroatoms. The molecule has 29 heavy (non-hydrogen) atoms. The van der Waals surface area contributed by atoms with Crippen molar-refractivity contribution in [1.82, 2.24) is 9.47 Å². The summed E-state index contributed by atoms with van der Waals surface area (Å²) in [7, 11) is 3.90. The molecule has 6 nitrogen and oxygen atoms in total. The SMILES string of the molecule is Cc1cc(SCC(=O)Nc2ccc3oc(=O)n(CCN(C)C)c3c2)c(C)cc1Br. The number of aryl methyl sites for hydroxylation is 2. The number of nitrogens with zero attached hydrogens (tertiary/aromatic N) is 2. The van der Waals surface area contributed by atoms with Crippen LogP contribution in [0.25, 0.3) is 11.1 Å². The Morgan fingerprint density at radius 2 is 1.97 bits per heavy atom. The molecule has 1 amide bonds. The summed E-state index contributed by atoms with van der Waals surface area (Å²) in [4.78, 5) is 27.6. The minimum Gasteiger partial charge on any atom is -0.408 e. The average Bonchev–Trinajstić information content (AvgIpc) is 2.96. The van der Waals surface area contributed by atoms with Gasteiger partial charge in [-0.2, -0.15) is 0 Å². The molecule has 2 aromatic carbocycles. The normalized spacial score (nSPS) is 11.4. The first-order valence-electron chi connectivity index (χ1n) is 9.22. The van der Waals surface area contributed by atoms with Crippen LogP contribution in [-0.2, 0) is 11.3 Å². The molecule has 0 aliphatic heterocycles. The van der Waals surface area contributed by atoms with Gasteiger partial charge in [-0.25, -0.2) is 4.79 Å². The molecule has 0 radical (unpaired) electrons. The summed E-state index contributed by atoms with van der Waals surface area (Å²) >= 11 is 5.03. The number of hydrogen-bond acceptors (Lipinski definition) is 5. The van der Waals surface area contributed by atoms with Gasteiger partial charge in [0.05, 0.1) is 11.3 Å². The summed E-state index contributed by atoms with van der Waals surface area (Å²) in [6, 6.07) is 9.40. The highest BCUT2D eigenvalue weighted by Gasteiger charge is 2.12. The van der Waals surface area contributed by atoms with Crippen molar-refractivity contribution in [2.24, 2.45) is 0 Å². The number of anilines is 1. The van der Waals surface area contributed by atoms with E-state index in [2.05, 4.69) is 33.4 Å². The van der Waals surface area contributed by atoms with Gasteiger partial charge in [-0.3, -0.25) is 9.36 Å². The molecule has 1 heterocycles. The van der Waals surface area contributed by atoms with Crippen LogP contribution in [0.5, 0.6) is 0 Å². The zero-order valence-electron chi connectivity index (χ0n) is 16.9. The fourth-order valence-corrected chi connectivity index (χ4v) is 4.27. The Bertz CT molecular complexity index is 1100. The van der Waals surface area contributed by atoms with Crippen LogP contribution in [0.2, 0.25) is 0 Å². The summed E-state index contributed by atoms with van der Waals surface area (Å²) < 4.78 is 7.96.